The molecule has 1 aliphatic heterocycles. The molecule has 7 nitrogen and oxygen atoms in total. The molecule has 0 aromatic heterocycles. The minimum atomic E-state index is -0.204. The summed E-state index contributed by atoms with van der Waals surface area (Å²) >= 11 is 6.05. The highest BCUT2D eigenvalue weighted by Gasteiger charge is 2.29. The lowest BCUT2D eigenvalue weighted by Crippen LogP contribution is -2.41. The zero-order valence-corrected chi connectivity index (χ0v) is 18.7. The molecular formula is C24H26ClN3O4. The third-order valence-electron chi connectivity index (χ3n) is 5.85. The summed E-state index contributed by atoms with van der Waals surface area (Å²) in [4.78, 5) is 39.7. The number of carbonyl (C=O) groups is 3. The lowest BCUT2D eigenvalue weighted by atomic mass is 9.95. The van der Waals surface area contributed by atoms with Crippen molar-refractivity contribution in [3.05, 3.63) is 58.6 Å². The molecule has 0 radical (unpaired) electrons. The predicted molar refractivity (Wildman–Crippen MR) is 122 cm³/mol. The maximum atomic E-state index is 12.9. The molecule has 1 saturated heterocycles. The van der Waals surface area contributed by atoms with E-state index in [2.05, 4.69) is 10.6 Å². The molecule has 2 aromatic rings. The van der Waals surface area contributed by atoms with E-state index >= 15 is 0 Å². The lowest BCUT2D eigenvalue weighted by Gasteiger charge is -2.31. The van der Waals surface area contributed by atoms with Gasteiger partial charge in [0.1, 0.15) is 5.75 Å². The number of ether oxygens (including phenoxy) is 1. The van der Waals surface area contributed by atoms with Crippen LogP contribution in [-0.2, 0) is 4.79 Å². The second kappa shape index (κ2) is 9.61. The Kier molecular flexibility index (Phi) is 6.65. The molecular weight excluding hydrogens is 430 g/mol. The highest BCUT2D eigenvalue weighted by atomic mass is 35.5. The van der Waals surface area contributed by atoms with Gasteiger partial charge in [-0.15, -0.1) is 0 Å². The molecule has 2 aliphatic rings. The lowest BCUT2D eigenvalue weighted by molar-refractivity contribution is -0.121. The minimum Gasteiger partial charge on any atom is -0.496 e. The van der Waals surface area contributed by atoms with Crippen molar-refractivity contribution in [1.82, 2.24) is 10.2 Å². The molecule has 4 rings (SSSR count). The summed E-state index contributed by atoms with van der Waals surface area (Å²) in [6.07, 6.45) is 3.16. The molecule has 0 bridgehead atoms. The number of nitrogens with one attached hydrogen (secondary N) is 2. The van der Waals surface area contributed by atoms with Crippen molar-refractivity contribution in [2.45, 2.75) is 31.7 Å². The van der Waals surface area contributed by atoms with Crippen molar-refractivity contribution in [2.75, 3.05) is 25.5 Å². The molecule has 168 valence electrons. The zero-order chi connectivity index (χ0) is 22.7. The number of anilines is 1. The fourth-order valence-corrected chi connectivity index (χ4v) is 4.01. The van der Waals surface area contributed by atoms with E-state index < -0.39 is 0 Å². The van der Waals surface area contributed by atoms with Gasteiger partial charge in [0.25, 0.3) is 11.8 Å². The van der Waals surface area contributed by atoms with Gasteiger partial charge in [0.05, 0.1) is 12.7 Å². The quantitative estimate of drug-likeness (QED) is 0.694. The predicted octanol–water partition coefficient (Wildman–Crippen LogP) is 3.73. The van der Waals surface area contributed by atoms with E-state index in [9.17, 15) is 14.4 Å². The first-order valence-corrected chi connectivity index (χ1v) is 11.2. The average molecular weight is 456 g/mol. The Morgan fingerprint density at radius 1 is 1.03 bits per heavy atom. The van der Waals surface area contributed by atoms with Crippen LogP contribution in [0.2, 0.25) is 5.02 Å². The Bertz CT molecular complexity index is 1030. The van der Waals surface area contributed by atoms with E-state index in [0.717, 1.165) is 12.8 Å². The van der Waals surface area contributed by atoms with Crippen molar-refractivity contribution >= 4 is 35.0 Å². The van der Waals surface area contributed by atoms with Crippen LogP contribution in [0.1, 0.15) is 46.4 Å². The molecule has 1 saturated carbocycles. The van der Waals surface area contributed by atoms with Crippen LogP contribution in [0.3, 0.4) is 0 Å². The maximum Gasteiger partial charge on any atom is 0.257 e. The Hall–Kier alpha value is -3.06. The first kappa shape index (κ1) is 22.1. The van der Waals surface area contributed by atoms with Gasteiger partial charge < -0.3 is 20.3 Å². The summed E-state index contributed by atoms with van der Waals surface area (Å²) in [5, 5.41) is 6.33. The monoisotopic (exact) mass is 455 g/mol. The summed E-state index contributed by atoms with van der Waals surface area (Å²) in [6, 6.07) is 12.2. The molecule has 8 heteroatoms. The molecule has 2 aromatic carbocycles. The Balaban J connectivity index is 1.33. The highest BCUT2D eigenvalue weighted by molar-refractivity contribution is 6.31. The Morgan fingerprint density at radius 2 is 1.78 bits per heavy atom. The zero-order valence-electron chi connectivity index (χ0n) is 17.9. The first-order chi connectivity index (χ1) is 15.4. The molecule has 2 fully saturated rings. The fraction of sp³-hybridized carbons (Fsp3) is 0.375. The molecule has 0 spiro atoms. The van der Waals surface area contributed by atoms with E-state index in [0.29, 0.717) is 53.5 Å². The summed E-state index contributed by atoms with van der Waals surface area (Å²) in [5.41, 5.74) is 1.55. The Labute approximate surface area is 192 Å². The molecule has 0 unspecified atom stereocenters. The van der Waals surface area contributed by atoms with Crippen LogP contribution in [0.4, 0.5) is 5.69 Å². The Morgan fingerprint density at radius 3 is 2.47 bits per heavy atom. The van der Waals surface area contributed by atoms with Crippen molar-refractivity contribution < 1.29 is 19.1 Å². The minimum absolute atomic E-state index is 0.0998. The van der Waals surface area contributed by atoms with Crippen molar-refractivity contribution in [2.24, 2.45) is 5.92 Å². The molecule has 1 heterocycles. The topological polar surface area (TPSA) is 87.7 Å². The number of benzene rings is 2. The summed E-state index contributed by atoms with van der Waals surface area (Å²) < 4.78 is 5.29. The normalized spacial score (nSPS) is 16.4. The number of rotatable bonds is 6. The second-order valence-corrected chi connectivity index (χ2v) is 8.67. The molecule has 3 amide bonds. The van der Waals surface area contributed by atoms with Gasteiger partial charge in [-0.1, -0.05) is 17.7 Å². The standard InChI is InChI=1S/C24H26ClN3O4/c1-32-21-8-5-17(25)14-20(21)24(31)28-11-9-15(10-12-28)22(29)27-19-4-2-3-16(13-19)23(30)26-18-6-7-18/h2-5,8,13-15,18H,6-7,9-12H2,1H3,(H,26,30)(H,27,29). The van der Waals surface area contributed by atoms with Crippen molar-refractivity contribution in [3.8, 4) is 5.75 Å². The van der Waals surface area contributed by atoms with Crippen LogP contribution in [0.15, 0.2) is 42.5 Å². The molecule has 1 aliphatic carbocycles. The van der Waals surface area contributed by atoms with Crippen LogP contribution >= 0.6 is 11.6 Å². The van der Waals surface area contributed by atoms with Gasteiger partial charge in [0.2, 0.25) is 5.91 Å². The van der Waals surface area contributed by atoms with E-state index in [1.54, 1.807) is 47.4 Å². The van der Waals surface area contributed by atoms with E-state index in [1.165, 1.54) is 7.11 Å². The van der Waals surface area contributed by atoms with Gasteiger partial charge in [-0.3, -0.25) is 14.4 Å². The van der Waals surface area contributed by atoms with E-state index in [4.69, 9.17) is 16.3 Å². The van der Waals surface area contributed by atoms with Crippen molar-refractivity contribution in [1.29, 1.82) is 0 Å². The first-order valence-electron chi connectivity index (χ1n) is 10.8. The number of amides is 3. The molecule has 2 N–H and O–H groups in total. The number of hydrogen-bond donors (Lipinski definition) is 2. The van der Waals surface area contributed by atoms with Crippen LogP contribution in [0, 0.1) is 5.92 Å². The number of hydrogen-bond acceptors (Lipinski definition) is 4. The molecule has 0 atom stereocenters. The van der Waals surface area contributed by atoms with Gasteiger partial charge in [0.15, 0.2) is 0 Å². The summed E-state index contributed by atoms with van der Waals surface area (Å²) in [5.74, 6) is -0.101. The van der Waals surface area contributed by atoms with Gasteiger partial charge in [0, 0.05) is 41.3 Å². The molecule has 32 heavy (non-hydrogen) atoms. The SMILES string of the molecule is COc1ccc(Cl)cc1C(=O)N1CCC(C(=O)Nc2cccc(C(=O)NC3CC3)c2)CC1. The average Bonchev–Trinajstić information content (AvgIpc) is 3.63. The summed E-state index contributed by atoms with van der Waals surface area (Å²) in [6.45, 7) is 0.937. The van der Waals surface area contributed by atoms with Gasteiger partial charge in [-0.05, 0) is 62.1 Å². The van der Waals surface area contributed by atoms with Gasteiger partial charge in [-0.2, -0.15) is 0 Å². The number of methoxy groups -OCH3 is 1. The number of nitrogens with zero attached hydrogens (tertiary/aromatic N) is 1. The maximum absolute atomic E-state index is 12.9. The number of likely N-dealkylation sites (tertiary alicyclic amines) is 1. The van der Waals surface area contributed by atoms with E-state index in [-0.39, 0.29) is 29.7 Å². The van der Waals surface area contributed by atoms with E-state index in [1.807, 2.05) is 0 Å². The smallest absolute Gasteiger partial charge is 0.257 e. The summed E-state index contributed by atoms with van der Waals surface area (Å²) in [7, 11) is 1.52. The number of halogens is 1. The fourth-order valence-electron chi connectivity index (χ4n) is 3.84. The van der Waals surface area contributed by atoms with Crippen molar-refractivity contribution in [3.63, 3.8) is 0 Å². The highest BCUT2D eigenvalue weighted by Crippen LogP contribution is 2.27. The largest absolute Gasteiger partial charge is 0.496 e. The van der Waals surface area contributed by atoms with Gasteiger partial charge in [-0.25, -0.2) is 0 Å². The third-order valence-corrected chi connectivity index (χ3v) is 6.08. The van der Waals surface area contributed by atoms with Crippen LogP contribution in [0.25, 0.3) is 0 Å². The van der Waals surface area contributed by atoms with Crippen LogP contribution in [-0.4, -0.2) is 48.9 Å². The number of carbonyl (C=O) groups excluding carboxylic acids is 3. The van der Waals surface area contributed by atoms with Crippen LogP contribution < -0.4 is 15.4 Å². The van der Waals surface area contributed by atoms with Gasteiger partial charge >= 0.3 is 0 Å². The number of piperidine rings is 1. The van der Waals surface area contributed by atoms with Crippen LogP contribution in [0.5, 0.6) is 5.75 Å². The third kappa shape index (κ3) is 5.22. The second-order valence-electron chi connectivity index (χ2n) is 8.23.